The minimum atomic E-state index is -0.530. The van der Waals surface area contributed by atoms with Gasteiger partial charge < -0.3 is 20.1 Å². The lowest BCUT2D eigenvalue weighted by molar-refractivity contribution is -0.385. The molecule has 0 fully saturated rings. The van der Waals surface area contributed by atoms with E-state index in [0.717, 1.165) is 5.56 Å². The van der Waals surface area contributed by atoms with Crippen molar-refractivity contribution in [2.75, 3.05) is 33.9 Å². The Kier molecular flexibility index (Phi) is 7.13. The van der Waals surface area contributed by atoms with Gasteiger partial charge in [-0.3, -0.25) is 14.9 Å². The monoisotopic (exact) mass is 297 g/mol. The Balaban J connectivity index is 2.65. The fourth-order valence-electron chi connectivity index (χ4n) is 1.63. The molecule has 0 atom stereocenters. The first-order chi connectivity index (χ1) is 10.1. The van der Waals surface area contributed by atoms with Gasteiger partial charge in [0.25, 0.3) is 5.91 Å². The highest BCUT2D eigenvalue weighted by molar-refractivity contribution is 5.77. The van der Waals surface area contributed by atoms with Crippen LogP contribution in [0.1, 0.15) is 5.56 Å². The molecular formula is C13H19N3O5. The van der Waals surface area contributed by atoms with Crippen molar-refractivity contribution in [2.24, 2.45) is 0 Å². The number of hydrogen-bond acceptors (Lipinski definition) is 6. The van der Waals surface area contributed by atoms with Gasteiger partial charge in [0.15, 0.2) is 12.4 Å². The molecule has 0 radical (unpaired) electrons. The summed E-state index contributed by atoms with van der Waals surface area (Å²) < 4.78 is 10.0. The third-order valence-electron chi connectivity index (χ3n) is 2.59. The highest BCUT2D eigenvalue weighted by Crippen LogP contribution is 2.27. The van der Waals surface area contributed by atoms with E-state index in [1.165, 1.54) is 19.2 Å². The van der Waals surface area contributed by atoms with Gasteiger partial charge in [0.2, 0.25) is 0 Å². The molecule has 8 heteroatoms. The summed E-state index contributed by atoms with van der Waals surface area (Å²) in [6.07, 6.45) is 0. The van der Waals surface area contributed by atoms with Gasteiger partial charge in [0, 0.05) is 26.3 Å². The molecule has 0 saturated heterocycles. The van der Waals surface area contributed by atoms with E-state index in [0.29, 0.717) is 19.7 Å². The predicted octanol–water partition coefficient (Wildman–Crippen LogP) is 0.456. The van der Waals surface area contributed by atoms with Crippen LogP contribution >= 0.6 is 0 Å². The maximum absolute atomic E-state index is 11.5. The zero-order valence-electron chi connectivity index (χ0n) is 12.0. The summed E-state index contributed by atoms with van der Waals surface area (Å²) in [5, 5.41) is 16.5. The zero-order chi connectivity index (χ0) is 15.7. The third kappa shape index (κ3) is 5.76. The zero-order valence-corrected chi connectivity index (χ0v) is 12.0. The Bertz CT molecular complexity index is 493. The minimum absolute atomic E-state index is 0.0711. The molecule has 8 nitrogen and oxygen atoms in total. The van der Waals surface area contributed by atoms with E-state index >= 15 is 0 Å². The van der Waals surface area contributed by atoms with Crippen LogP contribution < -0.4 is 15.4 Å². The number of nitrogens with one attached hydrogen (secondary N) is 2. The number of carbonyl (C=O) groups is 1. The largest absolute Gasteiger partial charge is 0.477 e. The van der Waals surface area contributed by atoms with E-state index < -0.39 is 4.92 Å². The van der Waals surface area contributed by atoms with E-state index in [2.05, 4.69) is 10.6 Å². The fraction of sp³-hybridized carbons (Fsp3) is 0.462. The molecule has 0 unspecified atom stereocenters. The molecule has 21 heavy (non-hydrogen) atoms. The van der Waals surface area contributed by atoms with Gasteiger partial charge in [-0.25, -0.2) is 0 Å². The first kappa shape index (κ1) is 16.9. The standard InChI is InChI=1S/C13H19N3O5/c1-14-8-10-3-4-12(11(7-10)16(18)19)21-9-13(17)15-5-6-20-2/h3-4,7,14H,5-6,8-9H2,1-2H3,(H,15,17). The predicted molar refractivity (Wildman–Crippen MR) is 76.2 cm³/mol. The molecule has 0 aliphatic carbocycles. The first-order valence-electron chi connectivity index (χ1n) is 6.38. The Labute approximate surface area is 122 Å². The van der Waals surface area contributed by atoms with Gasteiger partial charge >= 0.3 is 5.69 Å². The van der Waals surface area contributed by atoms with Gasteiger partial charge in [-0.1, -0.05) is 6.07 Å². The first-order valence-corrected chi connectivity index (χ1v) is 6.38. The quantitative estimate of drug-likeness (QED) is 0.390. The van der Waals surface area contributed by atoms with Gasteiger partial charge in [-0.05, 0) is 18.7 Å². The van der Waals surface area contributed by atoms with Crippen molar-refractivity contribution in [1.82, 2.24) is 10.6 Å². The summed E-state index contributed by atoms with van der Waals surface area (Å²) in [6, 6.07) is 4.63. The Morgan fingerprint density at radius 2 is 2.19 bits per heavy atom. The molecule has 0 aliphatic heterocycles. The van der Waals surface area contributed by atoms with Crippen LogP contribution in [0.4, 0.5) is 5.69 Å². The summed E-state index contributed by atoms with van der Waals surface area (Å²) in [6.45, 7) is 0.987. The third-order valence-corrected chi connectivity index (χ3v) is 2.59. The average Bonchev–Trinajstić information content (AvgIpc) is 2.46. The Hall–Kier alpha value is -2.19. The molecule has 0 saturated carbocycles. The van der Waals surface area contributed by atoms with Crippen molar-refractivity contribution in [3.63, 3.8) is 0 Å². The maximum Gasteiger partial charge on any atom is 0.311 e. The second kappa shape index (κ2) is 8.88. The van der Waals surface area contributed by atoms with Crippen molar-refractivity contribution in [3.05, 3.63) is 33.9 Å². The summed E-state index contributed by atoms with van der Waals surface area (Å²) in [7, 11) is 3.28. The number of amides is 1. The highest BCUT2D eigenvalue weighted by Gasteiger charge is 2.16. The molecule has 0 aromatic heterocycles. The van der Waals surface area contributed by atoms with Crippen molar-refractivity contribution in [2.45, 2.75) is 6.54 Å². The molecule has 0 bridgehead atoms. The Morgan fingerprint density at radius 3 is 2.81 bits per heavy atom. The van der Waals surface area contributed by atoms with Gasteiger partial charge in [0.05, 0.1) is 11.5 Å². The second-order valence-electron chi connectivity index (χ2n) is 4.22. The van der Waals surface area contributed by atoms with Crippen molar-refractivity contribution in [3.8, 4) is 5.75 Å². The van der Waals surface area contributed by atoms with Crippen LogP contribution in [-0.4, -0.2) is 44.7 Å². The highest BCUT2D eigenvalue weighted by atomic mass is 16.6. The van der Waals surface area contributed by atoms with E-state index in [9.17, 15) is 14.9 Å². The Morgan fingerprint density at radius 1 is 1.43 bits per heavy atom. The smallest absolute Gasteiger partial charge is 0.311 e. The minimum Gasteiger partial charge on any atom is -0.477 e. The van der Waals surface area contributed by atoms with E-state index in [1.54, 1.807) is 13.1 Å². The van der Waals surface area contributed by atoms with Gasteiger partial charge in [-0.15, -0.1) is 0 Å². The average molecular weight is 297 g/mol. The van der Waals surface area contributed by atoms with Gasteiger partial charge in [-0.2, -0.15) is 0 Å². The van der Waals surface area contributed by atoms with Crippen molar-refractivity contribution < 1.29 is 19.2 Å². The van der Waals surface area contributed by atoms with Crippen LogP contribution in [0.3, 0.4) is 0 Å². The summed E-state index contributed by atoms with van der Waals surface area (Å²) in [5.41, 5.74) is 0.605. The molecule has 0 spiro atoms. The normalized spacial score (nSPS) is 10.2. The molecule has 116 valence electrons. The van der Waals surface area contributed by atoms with Crippen LogP contribution in [0.25, 0.3) is 0 Å². The molecule has 1 aromatic rings. The fourth-order valence-corrected chi connectivity index (χ4v) is 1.63. The number of nitrogens with zero attached hydrogens (tertiary/aromatic N) is 1. The van der Waals surface area contributed by atoms with Crippen LogP contribution in [0, 0.1) is 10.1 Å². The number of ether oxygens (including phenoxy) is 2. The topological polar surface area (TPSA) is 103 Å². The lowest BCUT2D eigenvalue weighted by atomic mass is 10.2. The number of methoxy groups -OCH3 is 1. The van der Waals surface area contributed by atoms with Crippen LogP contribution in [0.5, 0.6) is 5.75 Å². The van der Waals surface area contributed by atoms with E-state index in [-0.39, 0.29) is 24.0 Å². The SMILES string of the molecule is CNCc1ccc(OCC(=O)NCCOC)c([N+](=O)[O-])c1. The number of carbonyl (C=O) groups excluding carboxylic acids is 1. The molecule has 1 amide bonds. The van der Waals surface area contributed by atoms with Crippen molar-refractivity contribution >= 4 is 11.6 Å². The van der Waals surface area contributed by atoms with Crippen LogP contribution in [0.2, 0.25) is 0 Å². The van der Waals surface area contributed by atoms with E-state index in [1.807, 2.05) is 0 Å². The molecule has 0 heterocycles. The number of nitro benzene ring substituents is 1. The molecule has 0 aliphatic rings. The molecule has 1 rings (SSSR count). The second-order valence-corrected chi connectivity index (χ2v) is 4.22. The molecule has 1 aromatic carbocycles. The van der Waals surface area contributed by atoms with Crippen molar-refractivity contribution in [1.29, 1.82) is 0 Å². The van der Waals surface area contributed by atoms with Crippen LogP contribution in [-0.2, 0) is 16.1 Å². The molecular weight excluding hydrogens is 278 g/mol. The van der Waals surface area contributed by atoms with E-state index in [4.69, 9.17) is 9.47 Å². The number of rotatable bonds is 9. The van der Waals surface area contributed by atoms with Crippen LogP contribution in [0.15, 0.2) is 18.2 Å². The maximum atomic E-state index is 11.5. The number of benzene rings is 1. The summed E-state index contributed by atoms with van der Waals surface area (Å²) in [4.78, 5) is 22.0. The van der Waals surface area contributed by atoms with Gasteiger partial charge in [0.1, 0.15) is 0 Å². The molecule has 2 N–H and O–H groups in total. The number of hydrogen-bond donors (Lipinski definition) is 2. The summed E-state index contributed by atoms with van der Waals surface area (Å²) in [5.74, 6) is -0.289. The number of nitro groups is 1. The lowest BCUT2D eigenvalue weighted by Crippen LogP contribution is -2.31. The lowest BCUT2D eigenvalue weighted by Gasteiger charge is -2.08. The summed E-state index contributed by atoms with van der Waals surface area (Å²) >= 11 is 0.